The number of thiazole rings is 1. The molecule has 7 heteroatoms. The van der Waals surface area contributed by atoms with Crippen LogP contribution < -0.4 is 5.73 Å². The number of nitrogens with two attached hydrogens (primary N) is 1. The topological polar surface area (TPSA) is 71.6 Å². The predicted octanol–water partition coefficient (Wildman–Crippen LogP) is 4.45. The van der Waals surface area contributed by atoms with Crippen LogP contribution in [0.3, 0.4) is 0 Å². The van der Waals surface area contributed by atoms with Crippen LogP contribution in [-0.2, 0) is 11.2 Å². The van der Waals surface area contributed by atoms with Crippen molar-refractivity contribution in [3.63, 3.8) is 0 Å². The summed E-state index contributed by atoms with van der Waals surface area (Å²) in [5.74, 6) is -0.246. The molecule has 0 radical (unpaired) electrons. The van der Waals surface area contributed by atoms with Gasteiger partial charge in [-0.25, -0.2) is 9.37 Å². The number of carbonyl (C=O) groups is 1. The lowest BCUT2D eigenvalue weighted by Gasteiger charge is -2.36. The normalized spacial score (nSPS) is 22.2. The van der Waals surface area contributed by atoms with Crippen LogP contribution in [0.15, 0.2) is 52.1 Å². The Labute approximate surface area is 181 Å². The van der Waals surface area contributed by atoms with Crippen molar-refractivity contribution in [2.24, 2.45) is 22.7 Å². The standard InChI is InChI=1S/C23H29FN4OS/c1-14(2)12-26-28(4)22-19(24)11-20(25)18(21(22)15(3)29)10-17-13-30-23(27-17)16-8-6-5-7-9-16/h5-9,12-14,18-20H,10-11,25H2,1-4H3/b26-12+. The average Bonchev–Trinajstić information content (AvgIpc) is 3.17. The lowest BCUT2D eigenvalue weighted by atomic mass is 9.77. The molecule has 0 amide bonds. The Morgan fingerprint density at radius 1 is 1.40 bits per heavy atom. The van der Waals surface area contributed by atoms with Gasteiger partial charge in [-0.05, 0) is 19.3 Å². The first-order valence-electron chi connectivity index (χ1n) is 10.2. The molecule has 160 valence electrons. The van der Waals surface area contributed by atoms with Gasteiger partial charge in [0.05, 0.1) is 11.4 Å². The second-order valence-electron chi connectivity index (χ2n) is 8.07. The maximum absolute atomic E-state index is 15.0. The highest BCUT2D eigenvalue weighted by Gasteiger charge is 2.39. The second kappa shape index (κ2) is 9.62. The van der Waals surface area contributed by atoms with Crippen LogP contribution in [0, 0.1) is 11.8 Å². The lowest BCUT2D eigenvalue weighted by Crippen LogP contribution is -2.44. The van der Waals surface area contributed by atoms with Crippen molar-refractivity contribution in [2.45, 2.75) is 45.8 Å². The molecule has 0 aliphatic heterocycles. The zero-order chi connectivity index (χ0) is 21.8. The molecule has 2 N–H and O–H groups in total. The highest BCUT2D eigenvalue weighted by Crippen LogP contribution is 2.36. The largest absolute Gasteiger partial charge is 0.327 e. The van der Waals surface area contributed by atoms with Gasteiger partial charge >= 0.3 is 0 Å². The average molecular weight is 429 g/mol. The molecule has 1 aliphatic carbocycles. The van der Waals surface area contributed by atoms with Gasteiger partial charge in [0.15, 0.2) is 5.78 Å². The summed E-state index contributed by atoms with van der Waals surface area (Å²) in [4.78, 5) is 17.3. The summed E-state index contributed by atoms with van der Waals surface area (Å²) in [5, 5.41) is 8.76. The molecule has 2 aromatic rings. The summed E-state index contributed by atoms with van der Waals surface area (Å²) >= 11 is 1.56. The van der Waals surface area contributed by atoms with Crippen LogP contribution in [0.25, 0.3) is 10.6 Å². The minimum atomic E-state index is -1.32. The Hall–Kier alpha value is -2.38. The first-order chi connectivity index (χ1) is 14.3. The number of aromatic nitrogens is 1. The van der Waals surface area contributed by atoms with Gasteiger partial charge in [0.25, 0.3) is 0 Å². The molecule has 1 aliphatic rings. The number of carbonyl (C=O) groups excluding carboxylic acids is 1. The van der Waals surface area contributed by atoms with E-state index in [0.29, 0.717) is 17.7 Å². The number of nitrogens with zero attached hydrogens (tertiary/aromatic N) is 3. The number of ketones is 1. The van der Waals surface area contributed by atoms with E-state index in [-0.39, 0.29) is 24.0 Å². The fraction of sp³-hybridized carbons (Fsp3) is 0.435. The minimum Gasteiger partial charge on any atom is -0.327 e. The van der Waals surface area contributed by atoms with E-state index in [2.05, 4.69) is 5.10 Å². The number of allylic oxidation sites excluding steroid dienone is 1. The van der Waals surface area contributed by atoms with E-state index in [4.69, 9.17) is 10.7 Å². The van der Waals surface area contributed by atoms with E-state index in [1.165, 1.54) is 11.9 Å². The van der Waals surface area contributed by atoms with Gasteiger partial charge in [-0.3, -0.25) is 9.80 Å². The van der Waals surface area contributed by atoms with Gasteiger partial charge in [0.2, 0.25) is 0 Å². The molecule has 0 saturated carbocycles. The summed E-state index contributed by atoms with van der Waals surface area (Å²) < 4.78 is 15.0. The molecule has 1 heterocycles. The highest BCUT2D eigenvalue weighted by atomic mass is 32.1. The van der Waals surface area contributed by atoms with Gasteiger partial charge in [-0.1, -0.05) is 44.2 Å². The van der Waals surface area contributed by atoms with Crippen molar-refractivity contribution in [2.75, 3.05) is 7.05 Å². The highest BCUT2D eigenvalue weighted by molar-refractivity contribution is 7.13. The van der Waals surface area contributed by atoms with Crippen molar-refractivity contribution < 1.29 is 9.18 Å². The molecule has 1 aromatic heterocycles. The number of alkyl halides is 1. The monoisotopic (exact) mass is 428 g/mol. The van der Waals surface area contributed by atoms with E-state index in [1.54, 1.807) is 24.6 Å². The number of rotatable bonds is 7. The molecule has 30 heavy (non-hydrogen) atoms. The molecule has 5 nitrogen and oxygen atoms in total. The summed E-state index contributed by atoms with van der Waals surface area (Å²) in [6.45, 7) is 5.47. The molecule has 1 aromatic carbocycles. The first kappa shape index (κ1) is 22.3. The predicted molar refractivity (Wildman–Crippen MR) is 121 cm³/mol. The summed E-state index contributed by atoms with van der Waals surface area (Å²) in [6.07, 6.45) is 1.08. The molecule has 0 fully saturated rings. The third-order valence-corrected chi connectivity index (χ3v) is 6.15. The van der Waals surface area contributed by atoms with Crippen LogP contribution in [0.5, 0.6) is 0 Å². The Morgan fingerprint density at radius 2 is 2.10 bits per heavy atom. The third kappa shape index (κ3) is 5.02. The zero-order valence-corrected chi connectivity index (χ0v) is 18.7. The number of hydrogen-bond acceptors (Lipinski definition) is 6. The van der Waals surface area contributed by atoms with Crippen molar-refractivity contribution in [3.8, 4) is 10.6 Å². The number of hydrazone groups is 1. The molecule has 3 rings (SSSR count). The molecule has 0 saturated heterocycles. The summed E-state index contributed by atoms with van der Waals surface area (Å²) in [5.41, 5.74) is 9.01. The first-order valence-corrected chi connectivity index (χ1v) is 11.1. The quantitative estimate of drug-likeness (QED) is 0.522. The summed E-state index contributed by atoms with van der Waals surface area (Å²) in [6, 6.07) is 9.51. The Balaban J connectivity index is 1.94. The van der Waals surface area contributed by atoms with Crippen molar-refractivity contribution in [3.05, 3.63) is 52.7 Å². The van der Waals surface area contributed by atoms with Gasteiger partial charge in [0, 0.05) is 48.2 Å². The Morgan fingerprint density at radius 3 is 2.73 bits per heavy atom. The van der Waals surface area contributed by atoms with Crippen molar-refractivity contribution >= 4 is 23.3 Å². The molecule has 0 bridgehead atoms. The van der Waals surface area contributed by atoms with E-state index >= 15 is 4.39 Å². The molecule has 3 unspecified atom stereocenters. The number of halogens is 1. The molecular formula is C23H29FN4OS. The van der Waals surface area contributed by atoms with E-state index in [1.807, 2.05) is 49.6 Å². The lowest BCUT2D eigenvalue weighted by molar-refractivity contribution is -0.114. The van der Waals surface area contributed by atoms with Gasteiger partial charge in [0.1, 0.15) is 11.2 Å². The SMILES string of the molecule is CC(=O)C1=C(N(C)/N=C/C(C)C)C(F)CC(N)C1Cc1csc(-c2ccccc2)n1. The van der Waals surface area contributed by atoms with E-state index in [0.717, 1.165) is 16.3 Å². The third-order valence-electron chi connectivity index (χ3n) is 5.21. The van der Waals surface area contributed by atoms with Crippen molar-refractivity contribution in [1.29, 1.82) is 0 Å². The zero-order valence-electron chi connectivity index (χ0n) is 17.9. The molecule has 0 spiro atoms. The Kier molecular flexibility index (Phi) is 7.15. The van der Waals surface area contributed by atoms with E-state index in [9.17, 15) is 4.79 Å². The van der Waals surface area contributed by atoms with Crippen LogP contribution in [0.4, 0.5) is 4.39 Å². The fourth-order valence-electron chi connectivity index (χ4n) is 3.79. The Bertz CT molecular complexity index is 938. The summed E-state index contributed by atoms with van der Waals surface area (Å²) in [7, 11) is 1.69. The fourth-order valence-corrected chi connectivity index (χ4v) is 4.63. The van der Waals surface area contributed by atoms with Crippen molar-refractivity contribution in [1.82, 2.24) is 9.99 Å². The maximum atomic E-state index is 15.0. The van der Waals surface area contributed by atoms with Gasteiger partial charge in [-0.15, -0.1) is 11.3 Å². The van der Waals surface area contributed by atoms with Gasteiger partial charge in [-0.2, -0.15) is 5.10 Å². The van der Waals surface area contributed by atoms with Crippen LogP contribution in [-0.4, -0.2) is 41.3 Å². The van der Waals surface area contributed by atoms with Crippen LogP contribution in [0.1, 0.15) is 32.9 Å². The van der Waals surface area contributed by atoms with E-state index < -0.39 is 12.2 Å². The molecule has 3 atom stereocenters. The van der Waals surface area contributed by atoms with Gasteiger partial charge < -0.3 is 5.73 Å². The minimum absolute atomic E-state index is 0.161. The smallest absolute Gasteiger partial charge is 0.158 e. The number of hydrogen-bond donors (Lipinski definition) is 1. The van der Waals surface area contributed by atoms with Crippen LogP contribution in [0.2, 0.25) is 0 Å². The molecular weight excluding hydrogens is 399 g/mol. The number of Topliss-reactive ketones (excluding diaryl/α,β-unsaturated/α-hetero) is 1. The van der Waals surface area contributed by atoms with Crippen LogP contribution >= 0.6 is 11.3 Å². The maximum Gasteiger partial charge on any atom is 0.158 e. The number of benzene rings is 1. The second-order valence-corrected chi connectivity index (χ2v) is 8.93.